The predicted molar refractivity (Wildman–Crippen MR) is 106 cm³/mol. The van der Waals surface area contributed by atoms with Gasteiger partial charge in [-0.25, -0.2) is 0 Å². The zero-order valence-corrected chi connectivity index (χ0v) is 15.4. The average Bonchev–Trinajstić information content (AvgIpc) is 2.98. The molecule has 0 radical (unpaired) electrons. The smallest absolute Gasteiger partial charge is 0.286 e. The van der Waals surface area contributed by atoms with Gasteiger partial charge >= 0.3 is 0 Å². The second-order valence-electron chi connectivity index (χ2n) is 5.68. The predicted octanol–water partition coefficient (Wildman–Crippen LogP) is 3.84. The van der Waals surface area contributed by atoms with Crippen LogP contribution in [0.1, 0.15) is 10.4 Å². The minimum atomic E-state index is -0.682. The van der Waals surface area contributed by atoms with E-state index in [0.717, 1.165) is 16.5 Å². The van der Waals surface area contributed by atoms with Crippen molar-refractivity contribution >= 4 is 50.0 Å². The summed E-state index contributed by atoms with van der Waals surface area (Å²) in [6.45, 7) is 0.236. The number of carbonyl (C=O) groups excluding carboxylic acids is 1. The Labute approximate surface area is 162 Å². The second kappa shape index (κ2) is 6.88. The van der Waals surface area contributed by atoms with Crippen molar-refractivity contribution in [2.45, 2.75) is 6.54 Å². The molecule has 0 fully saturated rings. The van der Waals surface area contributed by atoms with Gasteiger partial charge in [0.1, 0.15) is 17.4 Å². The van der Waals surface area contributed by atoms with Gasteiger partial charge in [-0.3, -0.25) is 9.59 Å². The number of rotatable bonds is 2. The average molecular weight is 395 g/mol. The fraction of sp³-hybridized carbons (Fsp3) is 0.0500. The molecule has 4 rings (SSSR count). The van der Waals surface area contributed by atoms with Gasteiger partial charge in [0, 0.05) is 5.02 Å². The van der Waals surface area contributed by atoms with E-state index in [0.29, 0.717) is 20.8 Å². The van der Waals surface area contributed by atoms with Crippen LogP contribution in [0.3, 0.4) is 0 Å². The van der Waals surface area contributed by atoms with Crippen LogP contribution >= 0.6 is 22.9 Å². The number of carbonyl (C=O) groups is 1. The zero-order valence-electron chi connectivity index (χ0n) is 13.8. The molecule has 7 heteroatoms. The minimum absolute atomic E-state index is 0.128. The molecule has 0 N–H and O–H groups in total. The monoisotopic (exact) mass is 394 g/mol. The lowest BCUT2D eigenvalue weighted by atomic mass is 10.2. The molecule has 0 spiro atoms. The van der Waals surface area contributed by atoms with Gasteiger partial charge in [0.15, 0.2) is 4.80 Å². The Morgan fingerprint density at radius 1 is 1.30 bits per heavy atom. The molecular formula is C20H11ClN2O3S. The van der Waals surface area contributed by atoms with E-state index in [1.807, 2.05) is 6.07 Å². The first-order chi connectivity index (χ1) is 13.1. The Morgan fingerprint density at radius 2 is 2.11 bits per heavy atom. The first-order valence-electron chi connectivity index (χ1n) is 7.90. The molecule has 0 aliphatic rings. The molecule has 0 unspecified atom stereocenters. The number of nitrogens with zero attached hydrogens (tertiary/aromatic N) is 2. The molecule has 2 aromatic carbocycles. The lowest BCUT2D eigenvalue weighted by molar-refractivity contribution is 0.0995. The SMILES string of the molecule is C#CCn1c(=NC(=O)c2coc3ccccc3c2=O)sc2cc(Cl)ccc21. The van der Waals surface area contributed by atoms with E-state index in [9.17, 15) is 9.59 Å². The Hall–Kier alpha value is -3.14. The van der Waals surface area contributed by atoms with E-state index in [1.165, 1.54) is 11.3 Å². The van der Waals surface area contributed by atoms with Crippen LogP contribution in [0.15, 0.2) is 62.9 Å². The Balaban J connectivity index is 1.90. The topological polar surface area (TPSA) is 64.6 Å². The summed E-state index contributed by atoms with van der Waals surface area (Å²) >= 11 is 7.31. The summed E-state index contributed by atoms with van der Waals surface area (Å²) in [6, 6.07) is 12.1. The van der Waals surface area contributed by atoms with E-state index in [4.69, 9.17) is 22.4 Å². The van der Waals surface area contributed by atoms with Crippen molar-refractivity contribution in [3.8, 4) is 12.3 Å². The summed E-state index contributed by atoms with van der Waals surface area (Å²) in [5.41, 5.74) is 0.687. The van der Waals surface area contributed by atoms with Gasteiger partial charge in [0.05, 0.1) is 22.1 Å². The van der Waals surface area contributed by atoms with Crippen molar-refractivity contribution < 1.29 is 9.21 Å². The number of aromatic nitrogens is 1. The number of benzene rings is 2. The number of hydrogen-bond donors (Lipinski definition) is 0. The molecule has 0 saturated carbocycles. The molecule has 4 aromatic rings. The van der Waals surface area contributed by atoms with E-state index in [1.54, 1.807) is 41.0 Å². The molecule has 27 heavy (non-hydrogen) atoms. The molecule has 0 atom stereocenters. The molecule has 1 amide bonds. The summed E-state index contributed by atoms with van der Waals surface area (Å²) in [5.74, 6) is 1.87. The van der Waals surface area contributed by atoms with Crippen molar-refractivity contribution in [1.29, 1.82) is 0 Å². The number of fused-ring (bicyclic) bond motifs is 2. The maximum absolute atomic E-state index is 12.7. The van der Waals surface area contributed by atoms with Crippen LogP contribution in [0, 0.1) is 12.3 Å². The van der Waals surface area contributed by atoms with E-state index < -0.39 is 11.3 Å². The number of para-hydroxylation sites is 1. The van der Waals surface area contributed by atoms with E-state index in [-0.39, 0.29) is 12.1 Å². The molecule has 0 aliphatic carbocycles. The summed E-state index contributed by atoms with van der Waals surface area (Å²) < 4.78 is 7.98. The first-order valence-corrected chi connectivity index (χ1v) is 9.10. The Bertz CT molecular complexity index is 1370. The van der Waals surface area contributed by atoms with Gasteiger partial charge in [0.2, 0.25) is 5.43 Å². The lowest BCUT2D eigenvalue weighted by Crippen LogP contribution is -2.19. The van der Waals surface area contributed by atoms with Crippen LogP contribution in [-0.2, 0) is 6.54 Å². The van der Waals surface area contributed by atoms with Crippen molar-refractivity contribution in [3.63, 3.8) is 0 Å². The fourth-order valence-corrected chi connectivity index (χ4v) is 4.05. The van der Waals surface area contributed by atoms with Crippen molar-refractivity contribution in [3.05, 3.63) is 74.3 Å². The largest absolute Gasteiger partial charge is 0.463 e. The van der Waals surface area contributed by atoms with Crippen LogP contribution in [0.5, 0.6) is 0 Å². The third-order valence-electron chi connectivity index (χ3n) is 4.00. The zero-order chi connectivity index (χ0) is 19.0. The van der Waals surface area contributed by atoms with Crippen molar-refractivity contribution in [2.24, 2.45) is 4.99 Å². The highest BCUT2D eigenvalue weighted by molar-refractivity contribution is 7.16. The summed E-state index contributed by atoms with van der Waals surface area (Å²) in [5, 5.41) is 0.905. The third-order valence-corrected chi connectivity index (χ3v) is 5.28. The third kappa shape index (κ3) is 3.08. The van der Waals surface area contributed by atoms with Crippen molar-refractivity contribution in [2.75, 3.05) is 0 Å². The van der Waals surface area contributed by atoms with E-state index in [2.05, 4.69) is 10.9 Å². The van der Waals surface area contributed by atoms with Gasteiger partial charge in [-0.05, 0) is 30.3 Å². The number of amides is 1. The highest BCUT2D eigenvalue weighted by Gasteiger charge is 2.15. The van der Waals surface area contributed by atoms with Crippen molar-refractivity contribution in [1.82, 2.24) is 4.57 Å². The summed E-state index contributed by atoms with van der Waals surface area (Å²) in [6.07, 6.45) is 6.60. The maximum atomic E-state index is 12.7. The number of terminal acetylenes is 1. The summed E-state index contributed by atoms with van der Waals surface area (Å²) in [7, 11) is 0. The van der Waals surface area contributed by atoms with Crippen LogP contribution in [0.4, 0.5) is 0 Å². The number of hydrogen-bond acceptors (Lipinski definition) is 4. The molecule has 0 saturated heterocycles. The molecule has 2 heterocycles. The second-order valence-corrected chi connectivity index (χ2v) is 7.12. The first kappa shape index (κ1) is 17.3. The van der Waals surface area contributed by atoms with Gasteiger partial charge in [-0.1, -0.05) is 41.0 Å². The standard InChI is InChI=1S/C20H11ClN2O3S/c1-2-9-23-15-8-7-12(21)10-17(15)27-20(23)22-19(25)14-11-26-16-6-4-3-5-13(16)18(14)24/h1,3-8,10-11H,9H2. The van der Waals surface area contributed by atoms with Crippen LogP contribution in [0.25, 0.3) is 21.2 Å². The number of halogens is 1. The number of thiazole rings is 1. The molecule has 132 valence electrons. The van der Waals surface area contributed by atoms with Crippen LogP contribution < -0.4 is 10.2 Å². The molecule has 2 aromatic heterocycles. The Morgan fingerprint density at radius 3 is 2.93 bits per heavy atom. The maximum Gasteiger partial charge on any atom is 0.286 e. The summed E-state index contributed by atoms with van der Waals surface area (Å²) in [4.78, 5) is 29.8. The fourth-order valence-electron chi connectivity index (χ4n) is 2.75. The highest BCUT2D eigenvalue weighted by atomic mass is 35.5. The van der Waals surface area contributed by atoms with Gasteiger partial charge in [-0.2, -0.15) is 4.99 Å². The van der Waals surface area contributed by atoms with Crippen LogP contribution in [0.2, 0.25) is 5.02 Å². The Kier molecular flexibility index (Phi) is 4.40. The van der Waals surface area contributed by atoms with Gasteiger partial charge < -0.3 is 8.98 Å². The van der Waals surface area contributed by atoms with E-state index >= 15 is 0 Å². The highest BCUT2D eigenvalue weighted by Crippen LogP contribution is 2.22. The minimum Gasteiger partial charge on any atom is -0.463 e. The normalized spacial score (nSPS) is 11.8. The lowest BCUT2D eigenvalue weighted by Gasteiger charge is -2.00. The molecule has 0 bridgehead atoms. The molecular weight excluding hydrogens is 384 g/mol. The quantitative estimate of drug-likeness (QED) is 0.485. The molecule has 0 aliphatic heterocycles. The van der Waals surface area contributed by atoms with Gasteiger partial charge in [-0.15, -0.1) is 6.42 Å². The van der Waals surface area contributed by atoms with Gasteiger partial charge in [0.25, 0.3) is 5.91 Å². The van der Waals surface area contributed by atoms with Crippen LogP contribution in [-0.4, -0.2) is 10.5 Å². The molecule has 5 nitrogen and oxygen atoms in total.